The third-order valence-corrected chi connectivity index (χ3v) is 4.20. The lowest BCUT2D eigenvalue weighted by Crippen LogP contribution is -2.40. The molecule has 1 aromatic rings. The van der Waals surface area contributed by atoms with E-state index in [-0.39, 0.29) is 30.8 Å². The van der Waals surface area contributed by atoms with Gasteiger partial charge in [-0.3, -0.25) is 4.79 Å². The second-order valence-corrected chi connectivity index (χ2v) is 7.32. The number of rotatable bonds is 6. The van der Waals surface area contributed by atoms with Crippen LogP contribution in [0, 0.1) is 11.8 Å². The molecule has 5 nitrogen and oxygen atoms in total. The van der Waals surface area contributed by atoms with Crippen LogP contribution in [-0.2, 0) is 14.3 Å². The summed E-state index contributed by atoms with van der Waals surface area (Å²) >= 11 is 0. The summed E-state index contributed by atoms with van der Waals surface area (Å²) in [7, 11) is 0. The molecule has 1 aromatic carbocycles. The fraction of sp³-hybridized carbons (Fsp3) is 0.579. The van der Waals surface area contributed by atoms with Gasteiger partial charge in [-0.25, -0.2) is 4.79 Å². The first-order valence-electron chi connectivity index (χ1n) is 8.38. The predicted molar refractivity (Wildman–Crippen MR) is 89.4 cm³/mol. The van der Waals surface area contributed by atoms with Gasteiger partial charge in [0.2, 0.25) is 0 Å². The smallest absolute Gasteiger partial charge is 0.338 e. The molecule has 0 spiro atoms. The number of aliphatic hydroxyl groups excluding tert-OH is 1. The van der Waals surface area contributed by atoms with Crippen molar-refractivity contribution >= 4 is 11.9 Å². The molecule has 1 aliphatic rings. The van der Waals surface area contributed by atoms with Crippen LogP contribution in [0.15, 0.2) is 30.3 Å². The Kier molecular flexibility index (Phi) is 5.99. The topological polar surface area (TPSA) is 72.8 Å². The van der Waals surface area contributed by atoms with E-state index in [9.17, 15) is 14.7 Å². The second-order valence-electron chi connectivity index (χ2n) is 7.32. The number of hydrogen-bond donors (Lipinski definition) is 1. The van der Waals surface area contributed by atoms with Crippen molar-refractivity contribution in [1.29, 1.82) is 0 Å². The molecule has 0 heterocycles. The molecule has 0 unspecified atom stereocenters. The number of ether oxygens (including phenoxy) is 2. The monoisotopic (exact) mass is 334 g/mol. The minimum Gasteiger partial charge on any atom is -0.462 e. The van der Waals surface area contributed by atoms with Crippen molar-refractivity contribution in [2.45, 2.75) is 51.7 Å². The molecular formula is C19H26O5. The van der Waals surface area contributed by atoms with E-state index in [0.717, 1.165) is 12.8 Å². The van der Waals surface area contributed by atoms with Gasteiger partial charge in [0, 0.05) is 0 Å². The second kappa shape index (κ2) is 7.79. The van der Waals surface area contributed by atoms with E-state index in [1.807, 2.05) is 6.07 Å². The third kappa shape index (κ3) is 5.34. The molecule has 24 heavy (non-hydrogen) atoms. The molecule has 1 N–H and O–H groups in total. The molecule has 0 aromatic heterocycles. The average molecular weight is 334 g/mol. The van der Waals surface area contributed by atoms with Crippen molar-refractivity contribution in [3.05, 3.63) is 35.9 Å². The minimum absolute atomic E-state index is 0.0227. The van der Waals surface area contributed by atoms with Gasteiger partial charge in [0.15, 0.2) is 0 Å². The van der Waals surface area contributed by atoms with Crippen LogP contribution in [0.3, 0.4) is 0 Å². The van der Waals surface area contributed by atoms with E-state index in [0.29, 0.717) is 5.56 Å². The van der Waals surface area contributed by atoms with Crippen molar-refractivity contribution in [3.8, 4) is 0 Å². The number of carbonyl (C=O) groups is 2. The van der Waals surface area contributed by atoms with Gasteiger partial charge in [0.25, 0.3) is 0 Å². The summed E-state index contributed by atoms with van der Waals surface area (Å²) in [5.74, 6) is -0.694. The maximum absolute atomic E-state index is 11.9. The highest BCUT2D eigenvalue weighted by molar-refractivity contribution is 5.89. The number of aliphatic hydroxyl groups is 1. The molecule has 2 rings (SSSR count). The summed E-state index contributed by atoms with van der Waals surface area (Å²) in [6, 6.07) is 8.82. The fourth-order valence-electron chi connectivity index (χ4n) is 2.85. The zero-order valence-corrected chi connectivity index (χ0v) is 14.5. The van der Waals surface area contributed by atoms with E-state index in [2.05, 4.69) is 0 Å². The summed E-state index contributed by atoms with van der Waals surface area (Å²) < 4.78 is 10.6. The predicted octanol–water partition coefficient (Wildman–Crippen LogP) is 2.96. The van der Waals surface area contributed by atoms with Gasteiger partial charge in [0.05, 0.1) is 24.7 Å². The zero-order valence-electron chi connectivity index (χ0n) is 14.5. The Hall–Kier alpha value is -1.88. The Balaban J connectivity index is 1.77. The van der Waals surface area contributed by atoms with Crippen molar-refractivity contribution < 1.29 is 24.2 Å². The fourth-order valence-corrected chi connectivity index (χ4v) is 2.85. The summed E-state index contributed by atoms with van der Waals surface area (Å²) in [4.78, 5) is 23.7. The van der Waals surface area contributed by atoms with Gasteiger partial charge >= 0.3 is 11.9 Å². The molecule has 132 valence electrons. The SMILES string of the molecule is CC(C)(C)OC(=O)C[C@@H](O)[C@@H]1CC[C@H]1COC(=O)c1ccccc1. The molecule has 0 aliphatic heterocycles. The van der Waals surface area contributed by atoms with Crippen LogP contribution in [0.2, 0.25) is 0 Å². The number of esters is 2. The number of benzene rings is 1. The lowest BCUT2D eigenvalue weighted by Gasteiger charge is -2.39. The molecule has 3 atom stereocenters. The lowest BCUT2D eigenvalue weighted by atomic mass is 9.70. The normalized spacial score (nSPS) is 21.5. The minimum atomic E-state index is -0.756. The average Bonchev–Trinajstić information content (AvgIpc) is 2.44. The van der Waals surface area contributed by atoms with Gasteiger partial charge in [-0.1, -0.05) is 18.2 Å². The van der Waals surface area contributed by atoms with Crippen LogP contribution < -0.4 is 0 Å². The Morgan fingerprint density at radius 2 is 1.88 bits per heavy atom. The van der Waals surface area contributed by atoms with E-state index in [1.165, 1.54) is 0 Å². The van der Waals surface area contributed by atoms with Crippen LogP contribution in [0.5, 0.6) is 0 Å². The van der Waals surface area contributed by atoms with Gasteiger partial charge in [-0.2, -0.15) is 0 Å². The lowest BCUT2D eigenvalue weighted by molar-refractivity contribution is -0.159. The first-order valence-corrected chi connectivity index (χ1v) is 8.38. The van der Waals surface area contributed by atoms with Crippen molar-refractivity contribution in [3.63, 3.8) is 0 Å². The Labute approximate surface area is 143 Å². The van der Waals surface area contributed by atoms with Gasteiger partial charge in [-0.15, -0.1) is 0 Å². The van der Waals surface area contributed by atoms with Gasteiger partial charge in [-0.05, 0) is 57.6 Å². The van der Waals surface area contributed by atoms with E-state index < -0.39 is 17.7 Å². The third-order valence-electron chi connectivity index (χ3n) is 4.20. The van der Waals surface area contributed by atoms with Crippen LogP contribution in [0.4, 0.5) is 0 Å². The maximum Gasteiger partial charge on any atom is 0.338 e. The zero-order chi connectivity index (χ0) is 17.7. The van der Waals surface area contributed by atoms with E-state index in [4.69, 9.17) is 9.47 Å². The Morgan fingerprint density at radius 3 is 2.42 bits per heavy atom. The first kappa shape index (κ1) is 18.5. The Bertz CT molecular complexity index is 561. The highest BCUT2D eigenvalue weighted by Gasteiger charge is 2.38. The molecular weight excluding hydrogens is 308 g/mol. The van der Waals surface area contributed by atoms with Crippen LogP contribution in [-0.4, -0.2) is 35.4 Å². The largest absolute Gasteiger partial charge is 0.462 e. The van der Waals surface area contributed by atoms with Gasteiger partial charge in [0.1, 0.15) is 5.60 Å². The molecule has 5 heteroatoms. The summed E-state index contributed by atoms with van der Waals surface area (Å²) in [6.45, 7) is 5.66. The maximum atomic E-state index is 11.9. The molecule has 1 fully saturated rings. The highest BCUT2D eigenvalue weighted by atomic mass is 16.6. The Morgan fingerprint density at radius 1 is 1.21 bits per heavy atom. The van der Waals surface area contributed by atoms with Gasteiger partial charge < -0.3 is 14.6 Å². The van der Waals surface area contributed by atoms with Crippen LogP contribution >= 0.6 is 0 Å². The standard InChI is InChI=1S/C19H26O5/c1-19(2,3)24-17(21)11-16(20)15-10-9-14(15)12-23-18(22)13-7-5-4-6-8-13/h4-8,14-16,20H,9-12H2,1-3H3/t14-,15+,16+/m0/s1. The summed E-state index contributed by atoms with van der Waals surface area (Å²) in [5.41, 5.74) is -0.0382. The van der Waals surface area contributed by atoms with Crippen molar-refractivity contribution in [2.75, 3.05) is 6.61 Å². The molecule has 0 bridgehead atoms. The summed E-state index contributed by atoms with van der Waals surface area (Å²) in [5, 5.41) is 10.2. The van der Waals surface area contributed by atoms with Crippen LogP contribution in [0.1, 0.15) is 50.4 Å². The molecule has 1 saturated carbocycles. The number of hydrogen-bond acceptors (Lipinski definition) is 5. The number of carbonyl (C=O) groups excluding carboxylic acids is 2. The molecule has 0 amide bonds. The van der Waals surface area contributed by atoms with E-state index in [1.54, 1.807) is 45.0 Å². The highest BCUT2D eigenvalue weighted by Crippen LogP contribution is 2.38. The van der Waals surface area contributed by atoms with Crippen molar-refractivity contribution in [2.24, 2.45) is 11.8 Å². The quantitative estimate of drug-likeness (QED) is 0.810. The summed E-state index contributed by atoms with van der Waals surface area (Å²) in [6.07, 6.45) is 0.940. The molecule has 1 aliphatic carbocycles. The van der Waals surface area contributed by atoms with Crippen LogP contribution in [0.25, 0.3) is 0 Å². The first-order chi connectivity index (χ1) is 11.3. The molecule has 0 radical (unpaired) electrons. The molecule has 0 saturated heterocycles. The van der Waals surface area contributed by atoms with Crippen molar-refractivity contribution in [1.82, 2.24) is 0 Å². The van der Waals surface area contributed by atoms with E-state index >= 15 is 0 Å².